The topological polar surface area (TPSA) is 69.9 Å². The highest BCUT2D eigenvalue weighted by Crippen LogP contribution is 2.29. The number of nitrogens with one attached hydrogen (secondary N) is 1. The van der Waals surface area contributed by atoms with E-state index in [0.29, 0.717) is 19.0 Å². The van der Waals surface area contributed by atoms with Crippen molar-refractivity contribution < 1.29 is 23.4 Å². The Bertz CT molecular complexity index is 1030. The molecule has 1 atom stereocenters. The van der Waals surface area contributed by atoms with E-state index in [1.807, 2.05) is 84.0 Å². The molecule has 1 N–H and O–H groups in total. The quantitative estimate of drug-likeness (QED) is 0.481. The number of ether oxygens (including phenoxy) is 3. The highest BCUT2D eigenvalue weighted by Gasteiger charge is 2.20. The molecule has 1 unspecified atom stereocenters. The van der Waals surface area contributed by atoms with Crippen molar-refractivity contribution in [1.29, 1.82) is 0 Å². The van der Waals surface area contributed by atoms with Crippen LogP contribution in [0.4, 0.5) is 4.79 Å². The molecule has 0 spiro atoms. The van der Waals surface area contributed by atoms with Crippen LogP contribution in [0.2, 0.25) is 0 Å². The number of carbonyl (C=O) groups is 1. The molecule has 0 aliphatic heterocycles. The second kappa shape index (κ2) is 9.33. The van der Waals surface area contributed by atoms with Crippen molar-refractivity contribution in [3.8, 4) is 11.5 Å². The monoisotopic (exact) mass is 425 g/mol. The first kappa shape index (κ1) is 22.5. The lowest BCUT2D eigenvalue weighted by molar-refractivity contribution is 0.0502. The highest BCUT2D eigenvalue weighted by atomic mass is 16.6. The number of hydrogen-bond donors (Lipinski definition) is 1. The van der Waals surface area contributed by atoms with Crippen molar-refractivity contribution in [2.24, 2.45) is 0 Å². The summed E-state index contributed by atoms with van der Waals surface area (Å²) in [4.78, 5) is 12.1. The second-order valence-electron chi connectivity index (χ2n) is 8.47. The lowest BCUT2D eigenvalue weighted by atomic mass is 10.0. The molecule has 0 fully saturated rings. The molecule has 0 saturated heterocycles. The van der Waals surface area contributed by atoms with Crippen LogP contribution in [-0.4, -0.2) is 18.3 Å². The standard InChI is InChI=1S/C25H31NO5/c1-7-28-19-9-11-20(12-10-19)29-15-18-8-13-22-21(16(18)2)14-23(30-22)17(3)26-24(27)31-25(4,5)6/h8-14,17H,7,15H2,1-6H3,(H,26,27). The van der Waals surface area contributed by atoms with Gasteiger partial charge in [-0.15, -0.1) is 0 Å². The average Bonchev–Trinajstić information content (AvgIpc) is 3.13. The van der Waals surface area contributed by atoms with Gasteiger partial charge < -0.3 is 23.9 Å². The molecule has 31 heavy (non-hydrogen) atoms. The molecule has 0 radical (unpaired) electrons. The van der Waals surface area contributed by atoms with E-state index in [0.717, 1.165) is 33.6 Å². The molecule has 1 amide bonds. The molecular weight excluding hydrogens is 394 g/mol. The largest absolute Gasteiger partial charge is 0.494 e. The zero-order valence-electron chi connectivity index (χ0n) is 19.1. The fourth-order valence-electron chi connectivity index (χ4n) is 3.20. The fourth-order valence-corrected chi connectivity index (χ4v) is 3.20. The lowest BCUT2D eigenvalue weighted by Gasteiger charge is -2.21. The molecule has 0 bridgehead atoms. The number of benzene rings is 2. The number of carbonyl (C=O) groups excluding carboxylic acids is 1. The maximum Gasteiger partial charge on any atom is 0.408 e. The van der Waals surface area contributed by atoms with E-state index in [4.69, 9.17) is 18.6 Å². The molecule has 2 aromatic carbocycles. The molecule has 0 aliphatic carbocycles. The van der Waals surface area contributed by atoms with Crippen LogP contribution in [-0.2, 0) is 11.3 Å². The van der Waals surface area contributed by atoms with E-state index >= 15 is 0 Å². The van der Waals surface area contributed by atoms with Crippen LogP contribution < -0.4 is 14.8 Å². The van der Waals surface area contributed by atoms with Crippen LogP contribution in [0, 0.1) is 6.92 Å². The summed E-state index contributed by atoms with van der Waals surface area (Å²) in [6.45, 7) is 12.5. The first-order chi connectivity index (χ1) is 14.7. The molecule has 166 valence electrons. The highest BCUT2D eigenvalue weighted by molar-refractivity contribution is 5.83. The van der Waals surface area contributed by atoms with Gasteiger partial charge in [0, 0.05) is 5.39 Å². The van der Waals surface area contributed by atoms with Gasteiger partial charge in [-0.25, -0.2) is 4.79 Å². The number of furan rings is 1. The molecule has 6 nitrogen and oxygen atoms in total. The molecule has 6 heteroatoms. The zero-order valence-corrected chi connectivity index (χ0v) is 19.1. The van der Waals surface area contributed by atoms with Crippen molar-refractivity contribution in [3.63, 3.8) is 0 Å². The predicted molar refractivity (Wildman–Crippen MR) is 121 cm³/mol. The number of rotatable bonds is 7. The van der Waals surface area contributed by atoms with E-state index in [-0.39, 0.29) is 6.04 Å². The van der Waals surface area contributed by atoms with Gasteiger partial charge in [0.1, 0.15) is 35.1 Å². The average molecular weight is 426 g/mol. The third kappa shape index (κ3) is 5.94. The first-order valence-electron chi connectivity index (χ1n) is 10.5. The van der Waals surface area contributed by atoms with Crippen molar-refractivity contribution in [2.75, 3.05) is 6.61 Å². The van der Waals surface area contributed by atoms with E-state index in [1.54, 1.807) is 0 Å². The van der Waals surface area contributed by atoms with Crippen molar-refractivity contribution in [1.82, 2.24) is 5.32 Å². The molecule has 3 rings (SSSR count). The lowest BCUT2D eigenvalue weighted by Crippen LogP contribution is -2.33. The summed E-state index contributed by atoms with van der Waals surface area (Å²) >= 11 is 0. The predicted octanol–water partition coefficient (Wildman–Crippen LogP) is 6.30. The Kier molecular flexibility index (Phi) is 6.78. The molecular formula is C25H31NO5. The molecule has 1 heterocycles. The Morgan fingerprint density at radius 3 is 2.32 bits per heavy atom. The number of hydrogen-bond acceptors (Lipinski definition) is 5. The van der Waals surface area contributed by atoms with Crippen LogP contribution in [0.5, 0.6) is 11.5 Å². The number of aryl methyl sites for hydroxylation is 1. The van der Waals surface area contributed by atoms with Crippen molar-refractivity contribution >= 4 is 17.1 Å². The van der Waals surface area contributed by atoms with Gasteiger partial charge in [-0.3, -0.25) is 0 Å². The number of fused-ring (bicyclic) bond motifs is 1. The third-order valence-electron chi connectivity index (χ3n) is 4.79. The van der Waals surface area contributed by atoms with Gasteiger partial charge in [-0.05, 0) is 89.1 Å². The zero-order chi connectivity index (χ0) is 22.6. The van der Waals surface area contributed by atoms with Gasteiger partial charge in [-0.2, -0.15) is 0 Å². The third-order valence-corrected chi connectivity index (χ3v) is 4.79. The van der Waals surface area contributed by atoms with Gasteiger partial charge in [0.2, 0.25) is 0 Å². The summed E-state index contributed by atoms with van der Waals surface area (Å²) < 4.78 is 22.7. The summed E-state index contributed by atoms with van der Waals surface area (Å²) in [5.41, 5.74) is 2.38. The summed E-state index contributed by atoms with van der Waals surface area (Å²) in [6.07, 6.45) is -0.471. The smallest absolute Gasteiger partial charge is 0.408 e. The van der Waals surface area contributed by atoms with Gasteiger partial charge in [-0.1, -0.05) is 6.07 Å². The van der Waals surface area contributed by atoms with Crippen LogP contribution in [0.25, 0.3) is 11.0 Å². The van der Waals surface area contributed by atoms with Gasteiger partial charge in [0.15, 0.2) is 0 Å². The Morgan fingerprint density at radius 1 is 1.06 bits per heavy atom. The van der Waals surface area contributed by atoms with E-state index in [9.17, 15) is 4.79 Å². The summed E-state index contributed by atoms with van der Waals surface area (Å²) in [5.74, 6) is 2.28. The minimum absolute atomic E-state index is 0.315. The maximum absolute atomic E-state index is 12.1. The van der Waals surface area contributed by atoms with E-state index in [1.165, 1.54) is 0 Å². The maximum atomic E-state index is 12.1. The Balaban J connectivity index is 1.69. The van der Waals surface area contributed by atoms with Crippen molar-refractivity contribution in [2.45, 2.75) is 59.8 Å². The fraction of sp³-hybridized carbons (Fsp3) is 0.400. The molecule has 0 saturated carbocycles. The number of amides is 1. The SMILES string of the molecule is CCOc1ccc(OCc2ccc3oc(C(C)NC(=O)OC(C)(C)C)cc3c2C)cc1. The molecule has 0 aliphatic rings. The summed E-state index contributed by atoms with van der Waals surface area (Å²) in [6, 6.07) is 13.2. The normalized spacial score (nSPS) is 12.5. The van der Waals surface area contributed by atoms with Crippen LogP contribution in [0.15, 0.2) is 46.9 Å². The first-order valence-corrected chi connectivity index (χ1v) is 10.5. The summed E-state index contributed by atoms with van der Waals surface area (Å²) in [5, 5.41) is 3.82. The van der Waals surface area contributed by atoms with Crippen LogP contribution in [0.3, 0.4) is 0 Å². The van der Waals surface area contributed by atoms with Crippen molar-refractivity contribution in [3.05, 3.63) is 59.4 Å². The second-order valence-corrected chi connectivity index (χ2v) is 8.47. The minimum atomic E-state index is -0.549. The summed E-state index contributed by atoms with van der Waals surface area (Å²) in [7, 11) is 0. The minimum Gasteiger partial charge on any atom is -0.494 e. The number of alkyl carbamates (subject to hydrolysis) is 1. The van der Waals surface area contributed by atoms with Gasteiger partial charge >= 0.3 is 6.09 Å². The van der Waals surface area contributed by atoms with Crippen LogP contribution >= 0.6 is 0 Å². The van der Waals surface area contributed by atoms with Gasteiger partial charge in [0.05, 0.1) is 12.6 Å². The Labute approximate surface area is 183 Å². The van der Waals surface area contributed by atoms with Crippen LogP contribution in [0.1, 0.15) is 57.5 Å². The van der Waals surface area contributed by atoms with E-state index in [2.05, 4.69) is 5.32 Å². The molecule has 3 aromatic rings. The Hall–Kier alpha value is -3.15. The molecule has 1 aromatic heterocycles. The van der Waals surface area contributed by atoms with Gasteiger partial charge in [0.25, 0.3) is 0 Å². The van der Waals surface area contributed by atoms with E-state index < -0.39 is 11.7 Å². The Morgan fingerprint density at radius 2 is 1.71 bits per heavy atom.